The fourth-order valence-corrected chi connectivity index (χ4v) is 2.97. The van der Waals surface area contributed by atoms with E-state index < -0.39 is 0 Å². The highest BCUT2D eigenvalue weighted by Gasteiger charge is 2.23. The largest absolute Gasteiger partial charge is 0.361 e. The van der Waals surface area contributed by atoms with Crippen molar-refractivity contribution in [2.45, 2.75) is 53.1 Å². The number of piperidine rings is 1. The molecule has 0 aliphatic carbocycles. The molecule has 1 aliphatic rings. The van der Waals surface area contributed by atoms with Crippen LogP contribution in [-0.2, 0) is 6.54 Å². The summed E-state index contributed by atoms with van der Waals surface area (Å²) in [6, 6.07) is 0.544. The zero-order valence-corrected chi connectivity index (χ0v) is 12.7. The van der Waals surface area contributed by atoms with Gasteiger partial charge in [-0.2, -0.15) is 0 Å². The highest BCUT2D eigenvalue weighted by molar-refractivity contribution is 5.20. The first-order valence-corrected chi connectivity index (χ1v) is 7.49. The van der Waals surface area contributed by atoms with Crippen LogP contribution in [0.3, 0.4) is 0 Å². The van der Waals surface area contributed by atoms with E-state index in [1.54, 1.807) is 0 Å². The molecule has 4 nitrogen and oxygen atoms in total. The van der Waals surface area contributed by atoms with Crippen LogP contribution in [0.15, 0.2) is 4.52 Å². The summed E-state index contributed by atoms with van der Waals surface area (Å²) in [4.78, 5) is 2.56. The average molecular weight is 265 g/mol. The van der Waals surface area contributed by atoms with Crippen LogP contribution < -0.4 is 5.32 Å². The van der Waals surface area contributed by atoms with Crippen molar-refractivity contribution in [1.29, 1.82) is 0 Å². The van der Waals surface area contributed by atoms with Crippen molar-refractivity contribution in [2.24, 2.45) is 5.92 Å². The quantitative estimate of drug-likeness (QED) is 0.888. The lowest BCUT2D eigenvalue weighted by atomic mass is 9.91. The van der Waals surface area contributed by atoms with E-state index in [1.165, 1.54) is 38.0 Å². The molecule has 2 heterocycles. The molecule has 1 aliphatic heterocycles. The topological polar surface area (TPSA) is 41.3 Å². The first-order valence-electron chi connectivity index (χ1n) is 7.49. The van der Waals surface area contributed by atoms with Gasteiger partial charge in [-0.15, -0.1) is 0 Å². The zero-order valence-electron chi connectivity index (χ0n) is 12.7. The third-order valence-electron chi connectivity index (χ3n) is 4.48. The molecule has 0 saturated carbocycles. The van der Waals surface area contributed by atoms with Gasteiger partial charge in [-0.25, -0.2) is 0 Å². The van der Waals surface area contributed by atoms with Crippen LogP contribution in [0.25, 0.3) is 0 Å². The van der Waals surface area contributed by atoms with E-state index in [2.05, 4.69) is 29.2 Å². The van der Waals surface area contributed by atoms with Crippen molar-refractivity contribution in [2.75, 3.05) is 19.6 Å². The molecule has 4 heteroatoms. The molecule has 1 saturated heterocycles. The Labute approximate surface area is 116 Å². The number of nitrogens with zero attached hydrogens (tertiary/aromatic N) is 2. The highest BCUT2D eigenvalue weighted by Crippen LogP contribution is 2.20. The fourth-order valence-electron chi connectivity index (χ4n) is 2.97. The molecule has 1 aromatic heterocycles. The molecule has 0 amide bonds. The number of aryl methyl sites for hydroxylation is 2. The lowest BCUT2D eigenvalue weighted by molar-refractivity contribution is 0.156. The van der Waals surface area contributed by atoms with Gasteiger partial charge in [-0.1, -0.05) is 12.1 Å². The van der Waals surface area contributed by atoms with Gasteiger partial charge in [-0.05, 0) is 52.6 Å². The number of rotatable bonds is 5. The predicted molar refractivity (Wildman–Crippen MR) is 77.1 cm³/mol. The molecule has 2 atom stereocenters. The smallest absolute Gasteiger partial charge is 0.138 e. The molecule has 0 bridgehead atoms. The zero-order chi connectivity index (χ0) is 13.8. The number of hydrogen-bond acceptors (Lipinski definition) is 4. The Morgan fingerprint density at radius 1 is 1.47 bits per heavy atom. The first kappa shape index (κ1) is 14.5. The van der Waals surface area contributed by atoms with Crippen molar-refractivity contribution >= 4 is 0 Å². The lowest BCUT2D eigenvalue weighted by Crippen LogP contribution is -2.44. The Balaban J connectivity index is 1.85. The van der Waals surface area contributed by atoms with Crippen molar-refractivity contribution < 1.29 is 4.52 Å². The van der Waals surface area contributed by atoms with Crippen LogP contribution in [-0.4, -0.2) is 35.7 Å². The Morgan fingerprint density at radius 3 is 2.89 bits per heavy atom. The van der Waals surface area contributed by atoms with E-state index in [1.807, 2.05) is 13.8 Å². The molecule has 2 unspecified atom stereocenters. The van der Waals surface area contributed by atoms with Gasteiger partial charge in [0.2, 0.25) is 0 Å². The second-order valence-electron chi connectivity index (χ2n) is 5.77. The van der Waals surface area contributed by atoms with Gasteiger partial charge in [-0.3, -0.25) is 0 Å². The minimum Gasteiger partial charge on any atom is -0.361 e. The highest BCUT2D eigenvalue weighted by atomic mass is 16.5. The molecular weight excluding hydrogens is 238 g/mol. The van der Waals surface area contributed by atoms with Crippen molar-refractivity contribution in [3.63, 3.8) is 0 Å². The maximum absolute atomic E-state index is 5.21. The van der Waals surface area contributed by atoms with Crippen LogP contribution in [0.4, 0.5) is 0 Å². The van der Waals surface area contributed by atoms with Crippen molar-refractivity contribution in [3.8, 4) is 0 Å². The van der Waals surface area contributed by atoms with Crippen LogP contribution in [0.2, 0.25) is 0 Å². The Bertz CT molecular complexity index is 383. The van der Waals surface area contributed by atoms with Crippen LogP contribution >= 0.6 is 0 Å². The van der Waals surface area contributed by atoms with Gasteiger partial charge in [0.05, 0.1) is 5.69 Å². The molecule has 0 radical (unpaired) electrons. The first-order chi connectivity index (χ1) is 9.11. The molecule has 1 aromatic rings. The maximum atomic E-state index is 5.21. The summed E-state index contributed by atoms with van der Waals surface area (Å²) in [5, 5.41) is 7.66. The summed E-state index contributed by atoms with van der Waals surface area (Å²) < 4.78 is 5.21. The number of aromatic nitrogens is 1. The third kappa shape index (κ3) is 3.57. The van der Waals surface area contributed by atoms with Gasteiger partial charge in [0, 0.05) is 24.7 Å². The summed E-state index contributed by atoms with van der Waals surface area (Å²) in [6.45, 7) is 13.1. The van der Waals surface area contributed by atoms with E-state index >= 15 is 0 Å². The normalized spacial score (nSPS) is 22.6. The summed E-state index contributed by atoms with van der Waals surface area (Å²) in [7, 11) is 0. The monoisotopic (exact) mass is 265 g/mol. The van der Waals surface area contributed by atoms with Crippen molar-refractivity contribution in [3.05, 3.63) is 17.0 Å². The molecule has 108 valence electrons. The van der Waals surface area contributed by atoms with Gasteiger partial charge in [0.1, 0.15) is 5.76 Å². The predicted octanol–water partition coefficient (Wildman–Crippen LogP) is 2.50. The van der Waals surface area contributed by atoms with E-state index in [9.17, 15) is 0 Å². The molecule has 1 fully saturated rings. The summed E-state index contributed by atoms with van der Waals surface area (Å²) in [5.41, 5.74) is 2.23. The van der Waals surface area contributed by atoms with Crippen LogP contribution in [0.1, 0.15) is 43.7 Å². The van der Waals surface area contributed by atoms with E-state index in [4.69, 9.17) is 4.52 Å². The number of nitrogens with one attached hydrogen (secondary N) is 1. The van der Waals surface area contributed by atoms with Crippen molar-refractivity contribution in [1.82, 2.24) is 15.4 Å². The van der Waals surface area contributed by atoms with E-state index in [0.717, 1.165) is 23.9 Å². The van der Waals surface area contributed by atoms with E-state index in [0.29, 0.717) is 6.04 Å². The van der Waals surface area contributed by atoms with Gasteiger partial charge in [0.25, 0.3) is 0 Å². The van der Waals surface area contributed by atoms with Gasteiger partial charge < -0.3 is 14.7 Å². The number of likely N-dealkylation sites (tertiary alicyclic amines) is 1. The Kier molecular flexibility index (Phi) is 4.99. The SMILES string of the molecule is CCN1CCCC(C(C)NCc2c(C)noc2C)C1. The fraction of sp³-hybridized carbons (Fsp3) is 0.800. The maximum Gasteiger partial charge on any atom is 0.138 e. The third-order valence-corrected chi connectivity index (χ3v) is 4.48. The lowest BCUT2D eigenvalue weighted by Gasteiger charge is -2.35. The molecule has 19 heavy (non-hydrogen) atoms. The Hall–Kier alpha value is -0.870. The van der Waals surface area contributed by atoms with E-state index in [-0.39, 0.29) is 0 Å². The number of hydrogen-bond donors (Lipinski definition) is 1. The summed E-state index contributed by atoms with van der Waals surface area (Å²) in [6.07, 6.45) is 2.67. The Morgan fingerprint density at radius 2 is 2.26 bits per heavy atom. The standard InChI is InChI=1S/C15H27N3O/c1-5-18-8-6-7-14(10-18)11(2)16-9-15-12(3)17-19-13(15)4/h11,14,16H,5-10H2,1-4H3. The molecular formula is C15H27N3O. The minimum absolute atomic E-state index is 0.544. The average Bonchev–Trinajstić information content (AvgIpc) is 2.75. The van der Waals surface area contributed by atoms with Gasteiger partial charge >= 0.3 is 0 Å². The second kappa shape index (κ2) is 6.53. The summed E-state index contributed by atoms with van der Waals surface area (Å²) >= 11 is 0. The van der Waals surface area contributed by atoms with Gasteiger partial charge in [0.15, 0.2) is 0 Å². The molecule has 2 rings (SSSR count). The molecule has 0 aromatic carbocycles. The minimum atomic E-state index is 0.544. The molecule has 0 spiro atoms. The second-order valence-corrected chi connectivity index (χ2v) is 5.77. The van der Waals surface area contributed by atoms with Crippen LogP contribution in [0.5, 0.6) is 0 Å². The van der Waals surface area contributed by atoms with Crippen LogP contribution in [0, 0.1) is 19.8 Å². The molecule has 1 N–H and O–H groups in total. The summed E-state index contributed by atoms with van der Waals surface area (Å²) in [5.74, 6) is 1.70.